The van der Waals surface area contributed by atoms with Gasteiger partial charge in [0.2, 0.25) is 0 Å². The molecule has 0 spiro atoms. The summed E-state index contributed by atoms with van der Waals surface area (Å²) in [6.07, 6.45) is 14.4. The van der Waals surface area contributed by atoms with Crippen LogP contribution in [0.2, 0.25) is 0 Å². The molecule has 0 aromatic heterocycles. The molecule has 3 unspecified atom stereocenters. The molecule has 3 aliphatic rings. The minimum Gasteiger partial charge on any atom is -0.396 e. The molecule has 0 amide bonds. The first-order valence-electron chi connectivity index (χ1n) is 10.00. The second-order valence-electron chi connectivity index (χ2n) is 8.45. The number of rotatable bonds is 8. The molecule has 2 aliphatic carbocycles. The van der Waals surface area contributed by atoms with Crippen molar-refractivity contribution in [1.29, 1.82) is 0 Å². The molecular formula is C20H36O3. The van der Waals surface area contributed by atoms with Crippen LogP contribution in [-0.2, 0) is 9.47 Å². The maximum atomic E-state index is 8.99. The molecule has 1 N–H and O–H groups in total. The van der Waals surface area contributed by atoms with Gasteiger partial charge in [0.25, 0.3) is 0 Å². The van der Waals surface area contributed by atoms with Gasteiger partial charge in [0.05, 0.1) is 18.3 Å². The Morgan fingerprint density at radius 3 is 2.39 bits per heavy atom. The number of hydrogen-bond donors (Lipinski definition) is 1. The van der Waals surface area contributed by atoms with Crippen molar-refractivity contribution in [3.05, 3.63) is 0 Å². The van der Waals surface area contributed by atoms with Crippen LogP contribution in [0, 0.1) is 23.7 Å². The Morgan fingerprint density at radius 1 is 1.09 bits per heavy atom. The number of ether oxygens (including phenoxy) is 2. The van der Waals surface area contributed by atoms with Gasteiger partial charge < -0.3 is 14.6 Å². The van der Waals surface area contributed by atoms with Gasteiger partial charge in [0, 0.05) is 19.6 Å². The number of fused-ring (bicyclic) bond motifs is 2. The van der Waals surface area contributed by atoms with Crippen LogP contribution < -0.4 is 0 Å². The Bertz CT molecular complexity index is 339. The fourth-order valence-corrected chi connectivity index (χ4v) is 5.41. The van der Waals surface area contributed by atoms with Crippen molar-refractivity contribution in [2.75, 3.05) is 13.7 Å². The molecule has 0 aromatic rings. The van der Waals surface area contributed by atoms with Crippen molar-refractivity contribution in [1.82, 2.24) is 0 Å². The summed E-state index contributed by atoms with van der Waals surface area (Å²) in [6, 6.07) is 0. The highest BCUT2D eigenvalue weighted by molar-refractivity contribution is 4.99. The molecule has 2 bridgehead atoms. The average Bonchev–Trinajstić information content (AvgIpc) is 2.56. The lowest BCUT2D eigenvalue weighted by Gasteiger charge is -2.56. The molecular weight excluding hydrogens is 288 g/mol. The van der Waals surface area contributed by atoms with E-state index in [9.17, 15) is 0 Å². The SMILES string of the molecule is COC1CCC(C2C3CC(CCCC(C)CCO)CC2O3)CC1. The number of aliphatic hydroxyl groups excluding tert-OH is 1. The van der Waals surface area contributed by atoms with E-state index >= 15 is 0 Å². The van der Waals surface area contributed by atoms with Gasteiger partial charge in [-0.3, -0.25) is 0 Å². The average molecular weight is 325 g/mol. The number of hydrogen-bond acceptors (Lipinski definition) is 3. The molecule has 23 heavy (non-hydrogen) atoms. The monoisotopic (exact) mass is 324 g/mol. The Balaban J connectivity index is 1.36. The lowest BCUT2D eigenvalue weighted by Crippen LogP contribution is -2.58. The molecule has 3 nitrogen and oxygen atoms in total. The molecule has 2 saturated carbocycles. The van der Waals surface area contributed by atoms with Crippen LogP contribution >= 0.6 is 0 Å². The number of aliphatic hydroxyl groups is 1. The van der Waals surface area contributed by atoms with Crippen molar-refractivity contribution in [3.8, 4) is 0 Å². The van der Waals surface area contributed by atoms with Gasteiger partial charge in [-0.1, -0.05) is 26.2 Å². The van der Waals surface area contributed by atoms with E-state index in [2.05, 4.69) is 6.92 Å². The predicted octanol–water partition coefficient (Wildman–Crippen LogP) is 4.17. The topological polar surface area (TPSA) is 38.7 Å². The highest BCUT2D eigenvalue weighted by Gasteiger charge is 2.51. The zero-order chi connectivity index (χ0) is 16.2. The van der Waals surface area contributed by atoms with Crippen LogP contribution in [0.25, 0.3) is 0 Å². The zero-order valence-corrected chi connectivity index (χ0v) is 15.1. The standard InChI is InChI=1S/C20H36O3/c1-14(10-11-21)4-3-5-15-12-18-20(19(13-15)23-18)16-6-8-17(22-2)9-7-16/h14-21H,3-13H2,1-2H3. The van der Waals surface area contributed by atoms with Crippen LogP contribution in [0.5, 0.6) is 0 Å². The first kappa shape index (κ1) is 17.7. The second-order valence-corrected chi connectivity index (χ2v) is 8.45. The lowest BCUT2D eigenvalue weighted by molar-refractivity contribution is -0.248. The summed E-state index contributed by atoms with van der Waals surface area (Å²) < 4.78 is 11.6. The van der Waals surface area contributed by atoms with Gasteiger partial charge >= 0.3 is 0 Å². The molecule has 1 saturated heterocycles. The number of methoxy groups -OCH3 is 1. The summed E-state index contributed by atoms with van der Waals surface area (Å²) in [6.45, 7) is 2.61. The Labute approximate surface area is 142 Å². The highest BCUT2D eigenvalue weighted by atomic mass is 16.5. The maximum absolute atomic E-state index is 8.99. The van der Waals surface area contributed by atoms with Gasteiger partial charge in [0.15, 0.2) is 0 Å². The third-order valence-electron chi connectivity index (χ3n) is 6.87. The third-order valence-corrected chi connectivity index (χ3v) is 6.87. The van der Waals surface area contributed by atoms with E-state index in [0.717, 1.165) is 24.2 Å². The van der Waals surface area contributed by atoms with Crippen LogP contribution in [0.4, 0.5) is 0 Å². The fraction of sp³-hybridized carbons (Fsp3) is 1.00. The summed E-state index contributed by atoms with van der Waals surface area (Å²) in [4.78, 5) is 0. The fourth-order valence-electron chi connectivity index (χ4n) is 5.41. The third kappa shape index (κ3) is 4.29. The van der Waals surface area contributed by atoms with E-state index in [1.807, 2.05) is 7.11 Å². The molecule has 1 aliphatic heterocycles. The van der Waals surface area contributed by atoms with Crippen molar-refractivity contribution < 1.29 is 14.6 Å². The summed E-state index contributed by atoms with van der Waals surface area (Å²) >= 11 is 0. The Hall–Kier alpha value is -0.120. The molecule has 3 atom stereocenters. The van der Waals surface area contributed by atoms with Crippen molar-refractivity contribution in [3.63, 3.8) is 0 Å². The molecule has 3 fully saturated rings. The van der Waals surface area contributed by atoms with Crippen LogP contribution in [0.3, 0.4) is 0 Å². The minimum atomic E-state index is 0.343. The van der Waals surface area contributed by atoms with Crippen LogP contribution in [-0.4, -0.2) is 37.1 Å². The molecule has 1 heterocycles. The van der Waals surface area contributed by atoms with Crippen LogP contribution in [0.1, 0.15) is 71.1 Å². The molecule has 0 radical (unpaired) electrons. The smallest absolute Gasteiger partial charge is 0.0637 e. The van der Waals surface area contributed by atoms with Crippen molar-refractivity contribution in [2.24, 2.45) is 23.7 Å². The van der Waals surface area contributed by atoms with Gasteiger partial charge in [-0.25, -0.2) is 0 Å². The first-order chi connectivity index (χ1) is 11.2. The summed E-state index contributed by atoms with van der Waals surface area (Å²) in [5.41, 5.74) is 0. The quantitative estimate of drug-likeness (QED) is 0.728. The highest BCUT2D eigenvalue weighted by Crippen LogP contribution is 2.51. The minimum absolute atomic E-state index is 0.343. The molecule has 3 heteroatoms. The lowest BCUT2D eigenvalue weighted by atomic mass is 9.63. The summed E-state index contributed by atoms with van der Waals surface area (Å²) in [5, 5.41) is 8.99. The van der Waals surface area contributed by atoms with Gasteiger partial charge in [-0.05, 0) is 62.7 Å². The van der Waals surface area contributed by atoms with Gasteiger partial charge in [-0.15, -0.1) is 0 Å². The Kier molecular flexibility index (Phi) is 6.39. The Morgan fingerprint density at radius 2 is 1.78 bits per heavy atom. The van der Waals surface area contributed by atoms with Gasteiger partial charge in [0.1, 0.15) is 0 Å². The van der Waals surface area contributed by atoms with Crippen molar-refractivity contribution in [2.45, 2.75) is 89.4 Å². The molecule has 134 valence electrons. The molecule has 3 rings (SSSR count). The van der Waals surface area contributed by atoms with E-state index < -0.39 is 0 Å². The van der Waals surface area contributed by atoms with Crippen molar-refractivity contribution >= 4 is 0 Å². The summed E-state index contributed by atoms with van der Waals surface area (Å²) in [7, 11) is 1.86. The summed E-state index contributed by atoms with van der Waals surface area (Å²) in [5.74, 6) is 3.33. The largest absolute Gasteiger partial charge is 0.396 e. The first-order valence-corrected chi connectivity index (χ1v) is 10.00. The van der Waals surface area contributed by atoms with E-state index in [4.69, 9.17) is 14.6 Å². The zero-order valence-electron chi connectivity index (χ0n) is 15.1. The normalized spacial score (nSPS) is 41.3. The maximum Gasteiger partial charge on any atom is 0.0637 e. The van der Waals surface area contributed by atoms with Gasteiger partial charge in [-0.2, -0.15) is 0 Å². The van der Waals surface area contributed by atoms with E-state index in [0.29, 0.717) is 30.8 Å². The predicted molar refractivity (Wildman–Crippen MR) is 92.3 cm³/mol. The van der Waals surface area contributed by atoms with Crippen LogP contribution in [0.15, 0.2) is 0 Å². The van der Waals surface area contributed by atoms with E-state index in [1.54, 1.807) is 0 Å². The van der Waals surface area contributed by atoms with E-state index in [-0.39, 0.29) is 0 Å². The second kappa shape index (κ2) is 8.31. The van der Waals surface area contributed by atoms with E-state index in [1.165, 1.54) is 57.8 Å². The molecule has 0 aromatic carbocycles.